The molecule has 3 unspecified atom stereocenters. The Morgan fingerprint density at radius 2 is 1.79 bits per heavy atom. The Balaban J connectivity index is 2.00. The minimum atomic E-state index is 0.755. The first kappa shape index (κ1) is 15.3. The first-order chi connectivity index (χ1) is 9.30. The average molecular weight is 266 g/mol. The maximum Gasteiger partial charge on any atom is 0.0254 e. The van der Waals surface area contributed by atoms with Crippen molar-refractivity contribution >= 4 is 0 Å². The molecule has 2 heteroatoms. The molecule has 0 heterocycles. The van der Waals surface area contributed by atoms with Crippen molar-refractivity contribution in [2.24, 2.45) is 5.92 Å². The third-order valence-corrected chi connectivity index (χ3v) is 5.01. The van der Waals surface area contributed by atoms with Gasteiger partial charge in [-0.15, -0.1) is 0 Å². The molecule has 0 aromatic heterocycles. The molecule has 2 saturated carbocycles. The predicted molar refractivity (Wildman–Crippen MR) is 83.5 cm³/mol. The Kier molecular flexibility index (Phi) is 6.15. The summed E-state index contributed by atoms with van der Waals surface area (Å²) in [6, 6.07) is 2.49. The molecule has 2 rings (SSSR count). The molecule has 0 saturated heterocycles. The number of nitrogens with one attached hydrogen (secondary N) is 1. The van der Waals surface area contributed by atoms with Gasteiger partial charge < -0.3 is 5.32 Å². The zero-order valence-electron chi connectivity index (χ0n) is 13.3. The number of rotatable bonds is 8. The van der Waals surface area contributed by atoms with Gasteiger partial charge in [0.15, 0.2) is 0 Å². The topological polar surface area (TPSA) is 15.3 Å². The van der Waals surface area contributed by atoms with E-state index in [0.717, 1.165) is 30.6 Å². The molecule has 0 amide bonds. The van der Waals surface area contributed by atoms with Gasteiger partial charge in [-0.3, -0.25) is 4.90 Å². The second-order valence-electron chi connectivity index (χ2n) is 6.67. The molecular formula is C17H34N2. The van der Waals surface area contributed by atoms with Crippen LogP contribution in [-0.4, -0.2) is 36.1 Å². The van der Waals surface area contributed by atoms with Crippen molar-refractivity contribution in [1.29, 1.82) is 0 Å². The summed E-state index contributed by atoms with van der Waals surface area (Å²) >= 11 is 0. The number of hydrogen-bond acceptors (Lipinski definition) is 2. The molecule has 0 aliphatic heterocycles. The highest BCUT2D eigenvalue weighted by atomic mass is 15.2. The van der Waals surface area contributed by atoms with Gasteiger partial charge in [0, 0.05) is 18.1 Å². The second-order valence-corrected chi connectivity index (χ2v) is 6.67. The SMILES string of the molecule is CCCC1CCC(NCC)C(N(CCC)C2CC2)C1. The van der Waals surface area contributed by atoms with Crippen molar-refractivity contribution in [3.8, 4) is 0 Å². The average Bonchev–Trinajstić information content (AvgIpc) is 3.23. The van der Waals surface area contributed by atoms with Crippen LogP contribution < -0.4 is 5.32 Å². The lowest BCUT2D eigenvalue weighted by atomic mass is 9.79. The zero-order chi connectivity index (χ0) is 13.7. The summed E-state index contributed by atoms with van der Waals surface area (Å²) in [7, 11) is 0. The Hall–Kier alpha value is -0.0800. The summed E-state index contributed by atoms with van der Waals surface area (Å²) in [5.74, 6) is 0.989. The highest BCUT2D eigenvalue weighted by molar-refractivity contribution is 4.96. The summed E-state index contributed by atoms with van der Waals surface area (Å²) in [4.78, 5) is 2.87. The van der Waals surface area contributed by atoms with E-state index in [4.69, 9.17) is 0 Å². The molecule has 2 aliphatic carbocycles. The van der Waals surface area contributed by atoms with Gasteiger partial charge >= 0.3 is 0 Å². The van der Waals surface area contributed by atoms with E-state index >= 15 is 0 Å². The standard InChI is InChI=1S/C17H34N2/c1-4-7-14-8-11-16(18-6-3)17(13-14)19(12-5-2)15-9-10-15/h14-18H,4-13H2,1-3H3. The summed E-state index contributed by atoms with van der Waals surface area (Å²) in [6.45, 7) is 9.39. The number of hydrogen-bond donors (Lipinski definition) is 1. The number of likely N-dealkylation sites (N-methyl/N-ethyl adjacent to an activating group) is 1. The van der Waals surface area contributed by atoms with Crippen LogP contribution in [0.2, 0.25) is 0 Å². The van der Waals surface area contributed by atoms with Crippen LogP contribution in [0.25, 0.3) is 0 Å². The van der Waals surface area contributed by atoms with Gasteiger partial charge in [0.2, 0.25) is 0 Å². The van der Waals surface area contributed by atoms with E-state index in [1.165, 1.54) is 57.9 Å². The fraction of sp³-hybridized carbons (Fsp3) is 1.00. The lowest BCUT2D eigenvalue weighted by molar-refractivity contribution is 0.0875. The summed E-state index contributed by atoms with van der Waals surface area (Å²) in [5.41, 5.74) is 0. The van der Waals surface area contributed by atoms with E-state index < -0.39 is 0 Å². The van der Waals surface area contributed by atoms with E-state index in [9.17, 15) is 0 Å². The quantitative estimate of drug-likeness (QED) is 0.719. The molecule has 2 nitrogen and oxygen atoms in total. The van der Waals surface area contributed by atoms with Crippen LogP contribution in [0.1, 0.15) is 72.1 Å². The molecule has 0 bridgehead atoms. The van der Waals surface area contributed by atoms with Crippen LogP contribution in [0.15, 0.2) is 0 Å². The van der Waals surface area contributed by atoms with E-state index in [0.29, 0.717) is 0 Å². The van der Waals surface area contributed by atoms with Crippen molar-refractivity contribution < 1.29 is 0 Å². The lowest BCUT2D eigenvalue weighted by Gasteiger charge is -2.43. The smallest absolute Gasteiger partial charge is 0.0254 e. The van der Waals surface area contributed by atoms with Crippen molar-refractivity contribution in [1.82, 2.24) is 10.2 Å². The summed E-state index contributed by atoms with van der Waals surface area (Å²) in [6.07, 6.45) is 11.3. The molecule has 2 aliphatic rings. The van der Waals surface area contributed by atoms with Crippen LogP contribution in [0.4, 0.5) is 0 Å². The fourth-order valence-electron chi connectivity index (χ4n) is 4.05. The van der Waals surface area contributed by atoms with Crippen molar-refractivity contribution in [3.05, 3.63) is 0 Å². The first-order valence-electron chi connectivity index (χ1n) is 8.79. The Bertz CT molecular complexity index is 250. The molecule has 0 aromatic carbocycles. The fourth-order valence-corrected chi connectivity index (χ4v) is 4.05. The van der Waals surface area contributed by atoms with Crippen LogP contribution in [0, 0.1) is 5.92 Å². The molecule has 112 valence electrons. The van der Waals surface area contributed by atoms with Gasteiger partial charge in [-0.25, -0.2) is 0 Å². The molecule has 0 spiro atoms. The molecule has 2 fully saturated rings. The van der Waals surface area contributed by atoms with E-state index in [-0.39, 0.29) is 0 Å². The van der Waals surface area contributed by atoms with Gasteiger partial charge in [0.05, 0.1) is 0 Å². The minimum Gasteiger partial charge on any atom is -0.313 e. The van der Waals surface area contributed by atoms with Crippen LogP contribution >= 0.6 is 0 Å². The monoisotopic (exact) mass is 266 g/mol. The second kappa shape index (κ2) is 7.64. The minimum absolute atomic E-state index is 0.755. The van der Waals surface area contributed by atoms with Crippen LogP contribution in [0.3, 0.4) is 0 Å². The maximum absolute atomic E-state index is 3.78. The Labute approximate surface area is 120 Å². The molecule has 19 heavy (non-hydrogen) atoms. The molecule has 3 atom stereocenters. The van der Waals surface area contributed by atoms with E-state index in [2.05, 4.69) is 31.0 Å². The van der Waals surface area contributed by atoms with E-state index in [1.54, 1.807) is 0 Å². The highest BCUT2D eigenvalue weighted by Gasteiger charge is 2.39. The van der Waals surface area contributed by atoms with Crippen molar-refractivity contribution in [2.75, 3.05) is 13.1 Å². The maximum atomic E-state index is 3.78. The van der Waals surface area contributed by atoms with E-state index in [1.807, 2.05) is 0 Å². The molecular weight excluding hydrogens is 232 g/mol. The Morgan fingerprint density at radius 3 is 2.37 bits per heavy atom. The van der Waals surface area contributed by atoms with Gasteiger partial charge in [0.1, 0.15) is 0 Å². The summed E-state index contributed by atoms with van der Waals surface area (Å²) in [5, 5.41) is 3.78. The van der Waals surface area contributed by atoms with Crippen molar-refractivity contribution in [2.45, 2.75) is 90.3 Å². The predicted octanol–water partition coefficient (Wildman–Crippen LogP) is 3.81. The third kappa shape index (κ3) is 4.19. The van der Waals surface area contributed by atoms with Gasteiger partial charge in [-0.05, 0) is 57.5 Å². The number of nitrogens with zero attached hydrogens (tertiary/aromatic N) is 1. The van der Waals surface area contributed by atoms with Crippen LogP contribution in [0.5, 0.6) is 0 Å². The molecule has 0 radical (unpaired) electrons. The highest BCUT2D eigenvalue weighted by Crippen LogP contribution is 2.37. The Morgan fingerprint density at radius 1 is 1.00 bits per heavy atom. The van der Waals surface area contributed by atoms with Crippen LogP contribution in [-0.2, 0) is 0 Å². The first-order valence-corrected chi connectivity index (χ1v) is 8.79. The van der Waals surface area contributed by atoms with Gasteiger partial charge in [-0.1, -0.05) is 33.6 Å². The normalized spacial score (nSPS) is 31.9. The zero-order valence-corrected chi connectivity index (χ0v) is 13.3. The largest absolute Gasteiger partial charge is 0.313 e. The van der Waals surface area contributed by atoms with Gasteiger partial charge in [0.25, 0.3) is 0 Å². The summed E-state index contributed by atoms with van der Waals surface area (Å²) < 4.78 is 0. The third-order valence-electron chi connectivity index (χ3n) is 5.01. The van der Waals surface area contributed by atoms with Crippen molar-refractivity contribution in [3.63, 3.8) is 0 Å². The molecule has 1 N–H and O–H groups in total. The molecule has 0 aromatic rings. The lowest BCUT2D eigenvalue weighted by Crippen LogP contribution is -2.54. The van der Waals surface area contributed by atoms with Gasteiger partial charge in [-0.2, -0.15) is 0 Å².